The first-order chi connectivity index (χ1) is 21.5. The van der Waals surface area contributed by atoms with E-state index in [4.69, 9.17) is 0 Å². The van der Waals surface area contributed by atoms with E-state index in [9.17, 15) is 14.7 Å². The van der Waals surface area contributed by atoms with Gasteiger partial charge in [-0.2, -0.15) is 0 Å². The van der Waals surface area contributed by atoms with Crippen molar-refractivity contribution in [2.75, 3.05) is 0 Å². The summed E-state index contributed by atoms with van der Waals surface area (Å²) in [5, 5.41) is 12.4. The van der Waals surface area contributed by atoms with Gasteiger partial charge in [0.05, 0.1) is 4.88 Å². The number of carboxylic acid groups (broad SMARTS) is 1. The summed E-state index contributed by atoms with van der Waals surface area (Å²) >= 11 is 1.37. The number of hydrogen-bond acceptors (Lipinski definition) is 5. The molecular weight excluding hydrogens is 585 g/mol. The molecule has 5 aromatic rings. The fourth-order valence-electron chi connectivity index (χ4n) is 5.02. The van der Waals surface area contributed by atoms with E-state index < -0.39 is 17.9 Å². The molecule has 3 aromatic carbocycles. The Labute approximate surface area is 267 Å². The summed E-state index contributed by atoms with van der Waals surface area (Å²) < 4.78 is 15.2. The summed E-state index contributed by atoms with van der Waals surface area (Å²) in [5.74, 6) is -1.39. The molecule has 1 amide bonds. The summed E-state index contributed by atoms with van der Waals surface area (Å²) in [7, 11) is 0. The highest BCUT2D eigenvalue weighted by atomic mass is 32.1. The second kappa shape index (κ2) is 13.5. The second-order valence-corrected chi connectivity index (χ2v) is 13.2. The van der Waals surface area contributed by atoms with E-state index in [0.29, 0.717) is 21.8 Å². The molecule has 0 aliphatic rings. The molecule has 45 heavy (non-hydrogen) atoms. The number of aliphatic carboxylic acids is 1. The van der Waals surface area contributed by atoms with Gasteiger partial charge in [-0.3, -0.25) is 4.79 Å². The van der Waals surface area contributed by atoms with E-state index >= 15 is 4.39 Å². The SMILES string of the molecule is CCCc1ccc(-c2ccc(-c3cnc(-c4ccc(C[C@H](NC(=O)c5ccc(C(C)(C)C)s5)C(=O)O)cc4)nc3)c(F)c2)cc1. The van der Waals surface area contributed by atoms with Crippen molar-refractivity contribution in [2.24, 2.45) is 0 Å². The van der Waals surface area contributed by atoms with Crippen molar-refractivity contribution in [3.05, 3.63) is 118 Å². The molecule has 8 heteroatoms. The topological polar surface area (TPSA) is 92.2 Å². The Morgan fingerprint density at radius 2 is 1.47 bits per heavy atom. The van der Waals surface area contributed by atoms with Gasteiger partial charge in [0.1, 0.15) is 11.9 Å². The third-order valence-electron chi connectivity index (χ3n) is 7.58. The van der Waals surface area contributed by atoms with Gasteiger partial charge in [-0.25, -0.2) is 19.2 Å². The number of amides is 1. The van der Waals surface area contributed by atoms with Crippen molar-refractivity contribution in [1.29, 1.82) is 0 Å². The lowest BCUT2D eigenvalue weighted by Crippen LogP contribution is -2.42. The molecule has 0 bridgehead atoms. The number of carboxylic acids is 1. The van der Waals surface area contributed by atoms with Crippen LogP contribution in [-0.4, -0.2) is 33.0 Å². The molecule has 0 saturated carbocycles. The van der Waals surface area contributed by atoms with Crippen LogP contribution in [0, 0.1) is 5.82 Å². The van der Waals surface area contributed by atoms with Gasteiger partial charge in [0.25, 0.3) is 5.91 Å². The van der Waals surface area contributed by atoms with Gasteiger partial charge in [0.15, 0.2) is 5.82 Å². The lowest BCUT2D eigenvalue weighted by atomic mass is 9.95. The molecule has 0 radical (unpaired) electrons. The van der Waals surface area contributed by atoms with Crippen molar-refractivity contribution in [2.45, 2.75) is 58.4 Å². The second-order valence-electron chi connectivity index (χ2n) is 12.1. The van der Waals surface area contributed by atoms with Crippen molar-refractivity contribution in [1.82, 2.24) is 15.3 Å². The summed E-state index contributed by atoms with van der Waals surface area (Å²) in [4.78, 5) is 35.2. The Balaban J connectivity index is 1.24. The molecule has 0 saturated heterocycles. The molecule has 6 nitrogen and oxygen atoms in total. The summed E-state index contributed by atoms with van der Waals surface area (Å²) in [6.45, 7) is 8.34. The van der Waals surface area contributed by atoms with Gasteiger partial charge in [0, 0.05) is 40.4 Å². The molecule has 0 fully saturated rings. The lowest BCUT2D eigenvalue weighted by Gasteiger charge is -2.16. The van der Waals surface area contributed by atoms with Crippen molar-refractivity contribution >= 4 is 23.2 Å². The highest BCUT2D eigenvalue weighted by molar-refractivity contribution is 7.14. The smallest absolute Gasteiger partial charge is 0.326 e. The summed E-state index contributed by atoms with van der Waals surface area (Å²) in [5.41, 5.74) is 5.41. The van der Waals surface area contributed by atoms with E-state index in [0.717, 1.165) is 40.0 Å². The zero-order valence-electron chi connectivity index (χ0n) is 25.8. The average Bonchev–Trinajstić information content (AvgIpc) is 3.54. The number of nitrogens with one attached hydrogen (secondary N) is 1. The molecule has 0 spiro atoms. The third-order valence-corrected chi connectivity index (χ3v) is 9.09. The molecule has 5 rings (SSSR count). The Hall–Kier alpha value is -4.69. The maximum atomic E-state index is 15.2. The van der Waals surface area contributed by atoms with Crippen LogP contribution in [0.2, 0.25) is 0 Å². The molecule has 230 valence electrons. The summed E-state index contributed by atoms with van der Waals surface area (Å²) in [6.07, 6.45) is 5.42. The predicted octanol–water partition coefficient (Wildman–Crippen LogP) is 8.35. The monoisotopic (exact) mass is 621 g/mol. The number of halogens is 1. The largest absolute Gasteiger partial charge is 0.480 e. The van der Waals surface area contributed by atoms with Crippen molar-refractivity contribution < 1.29 is 19.1 Å². The lowest BCUT2D eigenvalue weighted by molar-refractivity contribution is -0.139. The van der Waals surface area contributed by atoms with Gasteiger partial charge in [-0.05, 0) is 52.3 Å². The van der Waals surface area contributed by atoms with Crippen LogP contribution in [-0.2, 0) is 23.1 Å². The quantitative estimate of drug-likeness (QED) is 0.164. The molecule has 0 unspecified atom stereocenters. The molecule has 2 heterocycles. The highest BCUT2D eigenvalue weighted by Crippen LogP contribution is 2.30. The minimum absolute atomic E-state index is 0.0930. The molecule has 1 atom stereocenters. The standard InChI is InChI=1S/C37H36FN3O3S/c1-5-6-23-7-11-25(12-8-23)27-15-16-29(30(38)20-27)28-21-39-34(40-22-28)26-13-9-24(10-14-26)19-31(36(43)44)41-35(42)32-17-18-33(45-32)37(2,3)4/h7-18,20-22,31H,5-6,19H2,1-4H3,(H,41,42)(H,43,44)/t31-/m0/s1. The zero-order chi connectivity index (χ0) is 32.1. The fraction of sp³-hybridized carbons (Fsp3) is 0.243. The highest BCUT2D eigenvalue weighted by Gasteiger charge is 2.24. The first-order valence-electron chi connectivity index (χ1n) is 15.0. The maximum absolute atomic E-state index is 15.2. The van der Waals surface area contributed by atoms with Crippen LogP contribution < -0.4 is 5.32 Å². The van der Waals surface area contributed by atoms with E-state index in [1.807, 2.05) is 24.3 Å². The van der Waals surface area contributed by atoms with Crippen molar-refractivity contribution in [3.63, 3.8) is 0 Å². The average molecular weight is 622 g/mol. The number of hydrogen-bond donors (Lipinski definition) is 2. The first kappa shape index (κ1) is 31.7. The number of aromatic nitrogens is 2. The summed E-state index contributed by atoms with van der Waals surface area (Å²) in [6, 6.07) is 23.2. The van der Waals surface area contributed by atoms with E-state index in [1.54, 1.807) is 48.8 Å². The first-order valence-corrected chi connectivity index (χ1v) is 15.8. The van der Waals surface area contributed by atoms with Crippen LogP contribution in [0.1, 0.15) is 59.8 Å². The van der Waals surface area contributed by atoms with E-state index in [2.05, 4.69) is 55.1 Å². The van der Waals surface area contributed by atoms with Gasteiger partial charge < -0.3 is 10.4 Å². The molecule has 0 aliphatic carbocycles. The fourth-order valence-corrected chi connectivity index (χ4v) is 5.98. The van der Waals surface area contributed by atoms with E-state index in [-0.39, 0.29) is 17.7 Å². The molecule has 2 aromatic heterocycles. The Morgan fingerprint density at radius 1 is 0.844 bits per heavy atom. The normalized spacial score (nSPS) is 12.1. The van der Waals surface area contributed by atoms with Crippen LogP contribution >= 0.6 is 11.3 Å². The number of rotatable bonds is 10. The number of aryl methyl sites for hydroxylation is 1. The maximum Gasteiger partial charge on any atom is 0.326 e. The minimum Gasteiger partial charge on any atom is -0.480 e. The molecule has 2 N–H and O–H groups in total. The number of carbonyl (C=O) groups is 2. The van der Waals surface area contributed by atoms with E-state index in [1.165, 1.54) is 23.0 Å². The van der Waals surface area contributed by atoms with Gasteiger partial charge in [0.2, 0.25) is 0 Å². The third kappa shape index (κ3) is 7.70. The number of thiophene rings is 1. The molecular formula is C37H36FN3O3S. The van der Waals surface area contributed by atoms with Crippen molar-refractivity contribution in [3.8, 4) is 33.6 Å². The van der Waals surface area contributed by atoms with Crippen LogP contribution in [0.4, 0.5) is 4.39 Å². The van der Waals surface area contributed by atoms with Crippen LogP contribution in [0.3, 0.4) is 0 Å². The minimum atomic E-state index is -1.11. The van der Waals surface area contributed by atoms with Gasteiger partial charge in [-0.1, -0.05) is 94.8 Å². The Kier molecular flexibility index (Phi) is 9.54. The number of carbonyl (C=O) groups excluding carboxylic acids is 1. The van der Waals surface area contributed by atoms with Crippen LogP contribution in [0.15, 0.2) is 91.3 Å². The number of nitrogens with zero attached hydrogens (tertiary/aromatic N) is 2. The number of benzene rings is 3. The van der Waals surface area contributed by atoms with Crippen LogP contribution in [0.5, 0.6) is 0 Å². The Bertz CT molecular complexity index is 1790. The van der Waals surface area contributed by atoms with Crippen LogP contribution in [0.25, 0.3) is 33.6 Å². The predicted molar refractivity (Wildman–Crippen MR) is 178 cm³/mol. The zero-order valence-corrected chi connectivity index (χ0v) is 26.6. The van der Waals surface area contributed by atoms with Gasteiger partial charge >= 0.3 is 5.97 Å². The Morgan fingerprint density at radius 3 is 2.04 bits per heavy atom. The molecule has 0 aliphatic heterocycles. The van der Waals surface area contributed by atoms with Gasteiger partial charge in [-0.15, -0.1) is 11.3 Å².